The fourth-order valence-electron chi connectivity index (χ4n) is 3.12. The number of hydrogen-bond donors (Lipinski definition) is 1. The number of imidazole rings is 1. The van der Waals surface area contributed by atoms with Gasteiger partial charge in [-0.2, -0.15) is 0 Å². The van der Waals surface area contributed by atoms with Gasteiger partial charge in [0.25, 0.3) is 5.91 Å². The van der Waals surface area contributed by atoms with E-state index < -0.39 is 6.04 Å². The fourth-order valence-corrected chi connectivity index (χ4v) is 4.09. The number of carbonyl (C=O) groups excluding carboxylic acids is 1. The lowest BCUT2D eigenvalue weighted by Gasteiger charge is -2.19. The molecule has 29 heavy (non-hydrogen) atoms. The first-order valence-corrected chi connectivity index (χ1v) is 9.91. The van der Waals surface area contributed by atoms with Crippen LogP contribution in [0.15, 0.2) is 67.0 Å². The van der Waals surface area contributed by atoms with Crippen LogP contribution in [0.5, 0.6) is 0 Å². The molecule has 2 heterocycles. The van der Waals surface area contributed by atoms with Crippen molar-refractivity contribution in [3.8, 4) is 10.6 Å². The molecular weight excluding hydrogens is 387 g/mol. The molecule has 4 aromatic rings. The highest BCUT2D eigenvalue weighted by molar-refractivity contribution is 7.17. The van der Waals surface area contributed by atoms with Gasteiger partial charge in [0.05, 0.1) is 5.69 Å². The molecule has 1 unspecified atom stereocenters. The summed E-state index contributed by atoms with van der Waals surface area (Å²) >= 11 is 1.35. The molecule has 0 aliphatic heterocycles. The molecule has 2 aromatic carbocycles. The Hall–Kier alpha value is -3.32. The summed E-state index contributed by atoms with van der Waals surface area (Å²) < 4.78 is 15.2. The van der Waals surface area contributed by atoms with Gasteiger partial charge in [0.15, 0.2) is 0 Å². The molecule has 5 nitrogen and oxygen atoms in total. The summed E-state index contributed by atoms with van der Waals surface area (Å²) in [4.78, 5) is 22.6. The van der Waals surface area contributed by atoms with Crippen LogP contribution in [0.3, 0.4) is 0 Å². The first kappa shape index (κ1) is 19.0. The fraction of sp³-hybridized carbons (Fsp3) is 0.136. The molecule has 1 amide bonds. The minimum Gasteiger partial charge on any atom is -0.337 e. The van der Waals surface area contributed by atoms with Crippen molar-refractivity contribution in [1.29, 1.82) is 0 Å². The maximum Gasteiger partial charge on any atom is 0.264 e. The topological polar surface area (TPSA) is 59.8 Å². The molecule has 0 aliphatic rings. The zero-order valence-corrected chi connectivity index (χ0v) is 16.8. The Bertz CT molecular complexity index is 1140. The summed E-state index contributed by atoms with van der Waals surface area (Å²) in [5, 5.41) is 3.84. The lowest BCUT2D eigenvalue weighted by atomic mass is 10.1. The summed E-state index contributed by atoms with van der Waals surface area (Å²) in [6.07, 6.45) is 3.48. The molecule has 146 valence electrons. The second-order valence-electron chi connectivity index (χ2n) is 6.65. The first-order chi connectivity index (χ1) is 14.0. The summed E-state index contributed by atoms with van der Waals surface area (Å²) in [6.45, 7) is 1.82. The van der Waals surface area contributed by atoms with Gasteiger partial charge in [-0.1, -0.05) is 42.5 Å². The maximum absolute atomic E-state index is 13.4. The van der Waals surface area contributed by atoms with Crippen molar-refractivity contribution < 1.29 is 9.18 Å². The van der Waals surface area contributed by atoms with Crippen molar-refractivity contribution in [2.24, 2.45) is 7.05 Å². The van der Waals surface area contributed by atoms with E-state index in [0.29, 0.717) is 16.4 Å². The Morgan fingerprint density at radius 3 is 2.52 bits per heavy atom. The Kier molecular flexibility index (Phi) is 5.22. The Labute approximate surface area is 171 Å². The van der Waals surface area contributed by atoms with Crippen molar-refractivity contribution in [2.45, 2.75) is 13.0 Å². The second-order valence-corrected chi connectivity index (χ2v) is 7.65. The Morgan fingerprint density at radius 2 is 1.86 bits per heavy atom. The molecule has 0 saturated heterocycles. The van der Waals surface area contributed by atoms with Gasteiger partial charge in [0.2, 0.25) is 0 Å². The average molecular weight is 406 g/mol. The predicted octanol–water partition coefficient (Wildman–Crippen LogP) is 4.51. The SMILES string of the molecule is Cc1nc(-c2ccccc2)sc1C(=O)NC(c1ccc(F)cc1)c1nccn1C. The number of aryl methyl sites for hydroxylation is 2. The molecule has 0 saturated carbocycles. The van der Waals surface area contributed by atoms with E-state index in [1.165, 1.54) is 23.5 Å². The summed E-state index contributed by atoms with van der Waals surface area (Å²) in [6, 6.07) is 15.3. The quantitative estimate of drug-likeness (QED) is 0.530. The average Bonchev–Trinajstić information content (AvgIpc) is 3.33. The normalized spacial score (nSPS) is 12.0. The molecule has 1 N–H and O–H groups in total. The van der Waals surface area contributed by atoms with Gasteiger partial charge >= 0.3 is 0 Å². The number of rotatable bonds is 5. The highest BCUT2D eigenvalue weighted by Crippen LogP contribution is 2.29. The van der Waals surface area contributed by atoms with E-state index in [0.717, 1.165) is 16.1 Å². The number of nitrogens with zero attached hydrogens (tertiary/aromatic N) is 3. The van der Waals surface area contributed by atoms with E-state index in [9.17, 15) is 9.18 Å². The van der Waals surface area contributed by atoms with Crippen LogP contribution in [-0.2, 0) is 7.05 Å². The number of aromatic nitrogens is 3. The molecule has 0 radical (unpaired) electrons. The lowest BCUT2D eigenvalue weighted by molar-refractivity contribution is 0.0944. The number of halogens is 1. The second kappa shape index (κ2) is 7.97. The summed E-state index contributed by atoms with van der Waals surface area (Å²) in [5.74, 6) is 0.0967. The molecule has 0 bridgehead atoms. The largest absolute Gasteiger partial charge is 0.337 e. The number of carbonyl (C=O) groups is 1. The highest BCUT2D eigenvalue weighted by Gasteiger charge is 2.24. The number of nitrogens with one attached hydrogen (secondary N) is 1. The minimum absolute atomic E-state index is 0.237. The third kappa shape index (κ3) is 3.95. The molecular formula is C22H19FN4OS. The smallest absolute Gasteiger partial charge is 0.264 e. The predicted molar refractivity (Wildman–Crippen MR) is 111 cm³/mol. The van der Waals surface area contributed by atoms with Gasteiger partial charge in [-0.15, -0.1) is 11.3 Å². The number of benzene rings is 2. The Morgan fingerprint density at radius 1 is 1.14 bits per heavy atom. The minimum atomic E-state index is -0.509. The van der Waals surface area contributed by atoms with Crippen LogP contribution >= 0.6 is 11.3 Å². The van der Waals surface area contributed by atoms with Crippen LogP contribution < -0.4 is 5.32 Å². The molecule has 0 spiro atoms. The maximum atomic E-state index is 13.4. The molecule has 0 fully saturated rings. The van der Waals surface area contributed by atoms with Gasteiger partial charge in [-0.05, 0) is 24.6 Å². The van der Waals surface area contributed by atoms with Gasteiger partial charge < -0.3 is 9.88 Å². The van der Waals surface area contributed by atoms with E-state index in [1.807, 2.05) is 55.1 Å². The number of thiazole rings is 1. The summed E-state index contributed by atoms with van der Waals surface area (Å²) in [7, 11) is 1.86. The van der Waals surface area contributed by atoms with Crippen molar-refractivity contribution in [1.82, 2.24) is 19.9 Å². The van der Waals surface area contributed by atoms with Crippen molar-refractivity contribution in [3.63, 3.8) is 0 Å². The number of amides is 1. The molecule has 2 aromatic heterocycles. The van der Waals surface area contributed by atoms with Gasteiger partial charge in [0, 0.05) is 25.0 Å². The van der Waals surface area contributed by atoms with Crippen LogP contribution in [0.2, 0.25) is 0 Å². The van der Waals surface area contributed by atoms with Gasteiger partial charge in [0.1, 0.15) is 27.6 Å². The van der Waals surface area contributed by atoms with E-state index >= 15 is 0 Å². The molecule has 4 rings (SSSR count). The lowest BCUT2D eigenvalue weighted by Crippen LogP contribution is -2.31. The third-order valence-corrected chi connectivity index (χ3v) is 5.82. The van der Waals surface area contributed by atoms with Crippen LogP contribution in [0.25, 0.3) is 10.6 Å². The van der Waals surface area contributed by atoms with Gasteiger partial charge in [-0.25, -0.2) is 14.4 Å². The van der Waals surface area contributed by atoms with Crippen molar-refractivity contribution in [3.05, 3.63) is 94.8 Å². The first-order valence-electron chi connectivity index (χ1n) is 9.09. The van der Waals surface area contributed by atoms with E-state index in [4.69, 9.17) is 0 Å². The summed E-state index contributed by atoms with van der Waals surface area (Å²) in [5.41, 5.74) is 2.39. The van der Waals surface area contributed by atoms with Crippen molar-refractivity contribution >= 4 is 17.2 Å². The van der Waals surface area contributed by atoms with Crippen LogP contribution in [-0.4, -0.2) is 20.4 Å². The third-order valence-electron chi connectivity index (χ3n) is 4.62. The highest BCUT2D eigenvalue weighted by atomic mass is 32.1. The van der Waals surface area contributed by atoms with Crippen molar-refractivity contribution in [2.75, 3.05) is 0 Å². The molecule has 1 atom stereocenters. The van der Waals surface area contributed by atoms with E-state index in [-0.39, 0.29) is 11.7 Å². The monoisotopic (exact) mass is 406 g/mol. The zero-order chi connectivity index (χ0) is 20.4. The van der Waals surface area contributed by atoms with E-state index in [2.05, 4.69) is 15.3 Å². The van der Waals surface area contributed by atoms with Crippen LogP contribution in [0.4, 0.5) is 4.39 Å². The van der Waals surface area contributed by atoms with Gasteiger partial charge in [-0.3, -0.25) is 4.79 Å². The molecule has 0 aliphatic carbocycles. The van der Waals surface area contributed by atoms with Crippen LogP contribution in [0.1, 0.15) is 32.8 Å². The molecule has 7 heteroatoms. The zero-order valence-electron chi connectivity index (χ0n) is 16.0. The van der Waals surface area contributed by atoms with E-state index in [1.54, 1.807) is 18.3 Å². The number of hydrogen-bond acceptors (Lipinski definition) is 4. The van der Waals surface area contributed by atoms with Crippen LogP contribution in [0, 0.1) is 12.7 Å². The standard InChI is InChI=1S/C22H19FN4OS/c1-14-19(29-22(25-14)16-6-4-3-5-7-16)21(28)26-18(20-24-12-13-27(20)2)15-8-10-17(23)11-9-15/h3-13,18H,1-2H3,(H,26,28). The Balaban J connectivity index is 1.66.